The highest BCUT2D eigenvalue weighted by Crippen LogP contribution is 2.20. The van der Waals surface area contributed by atoms with Crippen LogP contribution in [0.2, 0.25) is 0 Å². The van der Waals surface area contributed by atoms with Gasteiger partial charge in [-0.3, -0.25) is 9.78 Å². The number of rotatable bonds is 5. The number of nitrogens with one attached hydrogen (secondary N) is 1. The van der Waals surface area contributed by atoms with Crippen LogP contribution in [0.3, 0.4) is 0 Å². The van der Waals surface area contributed by atoms with E-state index in [-0.39, 0.29) is 5.91 Å². The van der Waals surface area contributed by atoms with Crippen molar-refractivity contribution in [2.45, 2.75) is 33.2 Å². The summed E-state index contributed by atoms with van der Waals surface area (Å²) in [4.78, 5) is 19.3. The molecule has 0 atom stereocenters. The van der Waals surface area contributed by atoms with Crippen molar-refractivity contribution < 1.29 is 4.79 Å². The van der Waals surface area contributed by atoms with E-state index in [1.165, 1.54) is 12.8 Å². The van der Waals surface area contributed by atoms with E-state index >= 15 is 0 Å². The fourth-order valence-corrected chi connectivity index (χ4v) is 3.72. The van der Waals surface area contributed by atoms with E-state index in [0.29, 0.717) is 12.2 Å². The largest absolute Gasteiger partial charge is 0.371 e. The van der Waals surface area contributed by atoms with E-state index in [9.17, 15) is 4.79 Å². The smallest absolute Gasteiger partial charge is 0.270 e. The number of aromatic nitrogens is 3. The molecule has 0 spiro atoms. The van der Waals surface area contributed by atoms with Crippen LogP contribution in [0.25, 0.3) is 5.69 Å². The lowest BCUT2D eigenvalue weighted by atomic mass is 10.1. The Kier molecular flexibility index (Phi) is 5.10. The minimum absolute atomic E-state index is 0.163. The molecule has 1 N–H and O–H groups in total. The van der Waals surface area contributed by atoms with Crippen molar-refractivity contribution in [3.63, 3.8) is 0 Å². The number of anilines is 1. The number of carbonyl (C=O) groups excluding carboxylic acids is 1. The van der Waals surface area contributed by atoms with Crippen molar-refractivity contribution in [3.8, 4) is 5.69 Å². The molecular formula is C22H25N5O. The number of carbonyl (C=O) groups is 1. The molecule has 6 nitrogen and oxygen atoms in total. The molecule has 2 aromatic heterocycles. The second kappa shape index (κ2) is 7.84. The second-order valence-electron chi connectivity index (χ2n) is 7.24. The molecule has 3 heterocycles. The zero-order valence-corrected chi connectivity index (χ0v) is 16.4. The lowest BCUT2D eigenvalue weighted by Crippen LogP contribution is -2.25. The van der Waals surface area contributed by atoms with E-state index in [1.807, 2.05) is 61.0 Å². The zero-order valence-electron chi connectivity index (χ0n) is 16.4. The molecule has 4 rings (SSSR count). The van der Waals surface area contributed by atoms with Gasteiger partial charge in [0.15, 0.2) is 0 Å². The third-order valence-corrected chi connectivity index (χ3v) is 5.12. The summed E-state index contributed by atoms with van der Waals surface area (Å²) in [6, 6.07) is 13.9. The molecule has 0 unspecified atom stereocenters. The third kappa shape index (κ3) is 3.76. The van der Waals surface area contributed by atoms with Gasteiger partial charge in [0.25, 0.3) is 5.91 Å². The van der Waals surface area contributed by atoms with Crippen molar-refractivity contribution in [1.82, 2.24) is 20.1 Å². The number of pyridine rings is 1. The molecule has 144 valence electrons. The van der Waals surface area contributed by atoms with Gasteiger partial charge >= 0.3 is 0 Å². The molecule has 1 aromatic carbocycles. The van der Waals surface area contributed by atoms with E-state index in [2.05, 4.69) is 20.3 Å². The van der Waals surface area contributed by atoms with Crippen LogP contribution >= 0.6 is 0 Å². The van der Waals surface area contributed by atoms with Gasteiger partial charge in [-0.1, -0.05) is 18.2 Å². The van der Waals surface area contributed by atoms with Gasteiger partial charge in [-0.15, -0.1) is 0 Å². The maximum absolute atomic E-state index is 12.7. The van der Waals surface area contributed by atoms with Crippen LogP contribution in [0.4, 0.5) is 5.69 Å². The summed E-state index contributed by atoms with van der Waals surface area (Å²) >= 11 is 0. The summed E-state index contributed by atoms with van der Waals surface area (Å²) in [5, 5.41) is 7.58. The van der Waals surface area contributed by atoms with Crippen LogP contribution in [0.1, 0.15) is 40.3 Å². The average Bonchev–Trinajstić information content (AvgIpc) is 3.36. The minimum Gasteiger partial charge on any atom is -0.371 e. The number of hydrogen-bond acceptors (Lipinski definition) is 4. The highest BCUT2D eigenvalue weighted by Gasteiger charge is 2.16. The van der Waals surface area contributed by atoms with E-state index in [4.69, 9.17) is 0 Å². The molecule has 0 saturated carbocycles. The summed E-state index contributed by atoms with van der Waals surface area (Å²) in [6.45, 7) is 6.52. The van der Waals surface area contributed by atoms with E-state index in [0.717, 1.165) is 41.4 Å². The average molecular weight is 375 g/mol. The van der Waals surface area contributed by atoms with Gasteiger partial charge in [0.1, 0.15) is 5.69 Å². The van der Waals surface area contributed by atoms with E-state index < -0.39 is 0 Å². The highest BCUT2D eigenvalue weighted by atomic mass is 16.1. The Morgan fingerprint density at radius 3 is 2.64 bits per heavy atom. The molecule has 0 radical (unpaired) electrons. The normalized spacial score (nSPS) is 13.7. The summed E-state index contributed by atoms with van der Waals surface area (Å²) in [6.07, 6.45) is 4.12. The Morgan fingerprint density at radius 1 is 1.11 bits per heavy atom. The Bertz CT molecular complexity index is 988. The van der Waals surface area contributed by atoms with Crippen molar-refractivity contribution in [2.75, 3.05) is 18.0 Å². The quantitative estimate of drug-likeness (QED) is 0.742. The molecule has 3 aromatic rings. The van der Waals surface area contributed by atoms with Crippen molar-refractivity contribution >= 4 is 11.6 Å². The number of benzene rings is 1. The number of aryl methyl sites for hydroxylation is 2. The lowest BCUT2D eigenvalue weighted by molar-refractivity contribution is 0.0946. The van der Waals surface area contributed by atoms with Gasteiger partial charge in [-0.25, -0.2) is 4.68 Å². The van der Waals surface area contributed by atoms with Crippen LogP contribution in [0, 0.1) is 13.8 Å². The maximum atomic E-state index is 12.7. The van der Waals surface area contributed by atoms with Crippen molar-refractivity contribution in [2.24, 2.45) is 0 Å². The SMILES string of the molecule is Cc1cc(C)n(-c2ccccc2CNC(=O)c2cc(N3CCCC3)ccn2)n1. The van der Waals surface area contributed by atoms with Crippen LogP contribution in [-0.2, 0) is 6.54 Å². The predicted octanol–water partition coefficient (Wildman–Crippen LogP) is 3.41. The van der Waals surface area contributed by atoms with Gasteiger partial charge < -0.3 is 10.2 Å². The van der Waals surface area contributed by atoms with Gasteiger partial charge in [0.2, 0.25) is 0 Å². The predicted molar refractivity (Wildman–Crippen MR) is 110 cm³/mol. The fourth-order valence-electron chi connectivity index (χ4n) is 3.72. The molecule has 1 saturated heterocycles. The van der Waals surface area contributed by atoms with Gasteiger partial charge in [0.05, 0.1) is 11.4 Å². The first-order valence-electron chi connectivity index (χ1n) is 9.72. The first kappa shape index (κ1) is 18.2. The Morgan fingerprint density at radius 2 is 1.89 bits per heavy atom. The molecule has 0 bridgehead atoms. The summed E-state index contributed by atoms with van der Waals surface area (Å²) in [5.41, 5.74) is 5.55. The van der Waals surface area contributed by atoms with Crippen molar-refractivity contribution in [3.05, 3.63) is 71.3 Å². The number of para-hydroxylation sites is 1. The van der Waals surface area contributed by atoms with Crippen LogP contribution in [0.15, 0.2) is 48.7 Å². The molecule has 28 heavy (non-hydrogen) atoms. The Hall–Kier alpha value is -3.15. The monoisotopic (exact) mass is 375 g/mol. The van der Waals surface area contributed by atoms with Crippen LogP contribution in [0.5, 0.6) is 0 Å². The van der Waals surface area contributed by atoms with Gasteiger partial charge in [-0.2, -0.15) is 5.10 Å². The highest BCUT2D eigenvalue weighted by molar-refractivity contribution is 5.93. The summed E-state index contributed by atoms with van der Waals surface area (Å²) in [5.74, 6) is -0.163. The molecule has 1 aliphatic rings. The second-order valence-corrected chi connectivity index (χ2v) is 7.24. The first-order chi connectivity index (χ1) is 13.6. The fraction of sp³-hybridized carbons (Fsp3) is 0.318. The third-order valence-electron chi connectivity index (χ3n) is 5.12. The van der Waals surface area contributed by atoms with Crippen LogP contribution in [-0.4, -0.2) is 33.8 Å². The topological polar surface area (TPSA) is 63.1 Å². The number of amides is 1. The molecule has 1 aliphatic heterocycles. The van der Waals surface area contributed by atoms with Gasteiger partial charge in [0, 0.05) is 37.2 Å². The summed E-state index contributed by atoms with van der Waals surface area (Å²) < 4.78 is 1.92. The minimum atomic E-state index is -0.163. The van der Waals surface area contributed by atoms with Crippen molar-refractivity contribution in [1.29, 1.82) is 0 Å². The zero-order chi connectivity index (χ0) is 19.5. The van der Waals surface area contributed by atoms with Gasteiger partial charge in [-0.05, 0) is 56.5 Å². The van der Waals surface area contributed by atoms with E-state index in [1.54, 1.807) is 6.20 Å². The number of nitrogens with zero attached hydrogens (tertiary/aromatic N) is 4. The Labute approximate surface area is 165 Å². The molecule has 6 heteroatoms. The maximum Gasteiger partial charge on any atom is 0.270 e. The Balaban J connectivity index is 1.50. The summed E-state index contributed by atoms with van der Waals surface area (Å²) in [7, 11) is 0. The molecule has 1 amide bonds. The lowest BCUT2D eigenvalue weighted by Gasteiger charge is -2.18. The first-order valence-corrected chi connectivity index (χ1v) is 9.72. The van der Waals surface area contributed by atoms with Crippen LogP contribution < -0.4 is 10.2 Å². The molecule has 0 aliphatic carbocycles. The standard InChI is InChI=1S/C22H25N5O/c1-16-13-17(2)27(25-16)21-8-4-3-7-18(21)15-24-22(28)20-14-19(9-10-23-20)26-11-5-6-12-26/h3-4,7-10,13-14H,5-6,11-12,15H2,1-2H3,(H,24,28). The molecular weight excluding hydrogens is 350 g/mol. The molecule has 1 fully saturated rings. The number of hydrogen-bond donors (Lipinski definition) is 1.